The summed E-state index contributed by atoms with van der Waals surface area (Å²) < 4.78 is 1.97. The number of hydrogen-bond acceptors (Lipinski definition) is 4. The maximum absolute atomic E-state index is 9.99. The van der Waals surface area contributed by atoms with Gasteiger partial charge in [0.2, 0.25) is 0 Å². The summed E-state index contributed by atoms with van der Waals surface area (Å²) in [5.41, 5.74) is 7.08. The molecule has 5 heteroatoms. The van der Waals surface area contributed by atoms with E-state index < -0.39 is 0 Å². The summed E-state index contributed by atoms with van der Waals surface area (Å²) in [5.74, 6) is 0.549. The van der Waals surface area contributed by atoms with E-state index >= 15 is 0 Å². The Hall–Kier alpha value is -4.51. The van der Waals surface area contributed by atoms with Gasteiger partial charge in [-0.2, -0.15) is 5.10 Å². The topological polar surface area (TPSA) is 78.5 Å². The first kappa shape index (κ1) is 23.2. The van der Waals surface area contributed by atoms with Crippen molar-refractivity contribution in [2.45, 2.75) is 26.2 Å². The average molecular weight is 477 g/mol. The molecular formula is C31H28N2O3. The molecule has 0 radical (unpaired) electrons. The molecule has 0 aliphatic heterocycles. The maximum atomic E-state index is 9.99. The van der Waals surface area contributed by atoms with Crippen LogP contribution in [0.4, 0.5) is 0 Å². The third kappa shape index (κ3) is 4.31. The molecule has 36 heavy (non-hydrogen) atoms. The second-order valence-electron chi connectivity index (χ2n) is 9.89. The molecule has 0 amide bonds. The van der Waals surface area contributed by atoms with Crippen molar-refractivity contribution in [3.63, 3.8) is 0 Å². The highest BCUT2D eigenvalue weighted by atomic mass is 16.3. The third-order valence-electron chi connectivity index (χ3n) is 6.26. The number of rotatable bonds is 4. The lowest BCUT2D eigenvalue weighted by Gasteiger charge is -2.23. The largest absolute Gasteiger partial charge is 0.508 e. The molecule has 0 spiro atoms. The predicted molar refractivity (Wildman–Crippen MR) is 144 cm³/mol. The first-order valence-corrected chi connectivity index (χ1v) is 11.8. The van der Waals surface area contributed by atoms with Gasteiger partial charge in [0.05, 0.1) is 11.4 Å². The fourth-order valence-corrected chi connectivity index (χ4v) is 4.49. The van der Waals surface area contributed by atoms with Crippen molar-refractivity contribution in [1.82, 2.24) is 9.78 Å². The standard InChI is InChI=1S/C31H28N2O3/c1-31(2,3)26-6-4-5-7-27(26)33-30(22-12-18-25(36)19-13-22)28(20-8-14-23(34)15-9-20)29(32-33)21-10-16-24(35)17-11-21/h4-19,34-36H,1-3H3. The second kappa shape index (κ2) is 8.93. The van der Waals surface area contributed by atoms with E-state index in [1.165, 1.54) is 0 Å². The monoisotopic (exact) mass is 476 g/mol. The second-order valence-corrected chi connectivity index (χ2v) is 9.89. The van der Waals surface area contributed by atoms with E-state index in [9.17, 15) is 15.3 Å². The molecule has 1 aromatic heterocycles. The van der Waals surface area contributed by atoms with E-state index in [2.05, 4.69) is 32.9 Å². The summed E-state index contributed by atoms with van der Waals surface area (Å²) in [6, 6.07) is 29.4. The molecule has 4 aromatic carbocycles. The molecule has 0 atom stereocenters. The number of phenols is 3. The molecule has 0 bridgehead atoms. The lowest BCUT2D eigenvalue weighted by atomic mass is 9.85. The first-order valence-electron chi connectivity index (χ1n) is 11.8. The molecule has 0 fully saturated rings. The van der Waals surface area contributed by atoms with Crippen LogP contribution in [0.2, 0.25) is 0 Å². The Balaban J connectivity index is 1.91. The van der Waals surface area contributed by atoms with Gasteiger partial charge in [0, 0.05) is 16.7 Å². The lowest BCUT2D eigenvalue weighted by Crippen LogP contribution is -2.16. The first-order chi connectivity index (χ1) is 17.2. The zero-order valence-corrected chi connectivity index (χ0v) is 20.5. The molecule has 0 saturated heterocycles. The molecule has 0 saturated carbocycles. The van der Waals surface area contributed by atoms with Gasteiger partial charge in [-0.1, -0.05) is 51.1 Å². The number of phenolic OH excluding ortho intramolecular Hbond substituents is 3. The predicted octanol–water partition coefficient (Wildman–Crippen LogP) is 7.29. The minimum absolute atomic E-state index is 0.133. The Morgan fingerprint density at radius 2 is 1.06 bits per heavy atom. The SMILES string of the molecule is CC(C)(C)c1ccccc1-n1nc(-c2ccc(O)cc2)c(-c2ccc(O)cc2)c1-c1ccc(O)cc1. The molecule has 5 nitrogen and oxygen atoms in total. The quantitative estimate of drug-likeness (QED) is 0.254. The number of para-hydroxylation sites is 1. The Morgan fingerprint density at radius 3 is 1.58 bits per heavy atom. The van der Waals surface area contributed by atoms with Gasteiger partial charge < -0.3 is 15.3 Å². The molecule has 5 rings (SSSR count). The lowest BCUT2D eigenvalue weighted by molar-refractivity contribution is 0.475. The molecular weight excluding hydrogens is 448 g/mol. The van der Waals surface area contributed by atoms with E-state index in [-0.39, 0.29) is 22.7 Å². The fourth-order valence-electron chi connectivity index (χ4n) is 4.49. The zero-order valence-electron chi connectivity index (χ0n) is 20.5. The van der Waals surface area contributed by atoms with Crippen LogP contribution in [0.5, 0.6) is 17.2 Å². The van der Waals surface area contributed by atoms with Crippen molar-refractivity contribution >= 4 is 0 Å². The van der Waals surface area contributed by atoms with Crippen molar-refractivity contribution in [1.29, 1.82) is 0 Å². The summed E-state index contributed by atoms with van der Waals surface area (Å²) in [6.45, 7) is 6.53. The summed E-state index contributed by atoms with van der Waals surface area (Å²) in [6.07, 6.45) is 0. The number of benzene rings is 4. The van der Waals surface area contributed by atoms with E-state index in [0.29, 0.717) is 0 Å². The van der Waals surface area contributed by atoms with Crippen LogP contribution in [0.15, 0.2) is 97.1 Å². The van der Waals surface area contributed by atoms with Crippen molar-refractivity contribution in [3.8, 4) is 56.6 Å². The highest BCUT2D eigenvalue weighted by molar-refractivity contribution is 5.93. The number of nitrogens with zero attached hydrogens (tertiary/aromatic N) is 2. The summed E-state index contributed by atoms with van der Waals surface area (Å²) >= 11 is 0. The van der Waals surface area contributed by atoms with Crippen molar-refractivity contribution in [3.05, 3.63) is 103 Å². The van der Waals surface area contributed by atoms with Crippen molar-refractivity contribution in [2.75, 3.05) is 0 Å². The molecule has 5 aromatic rings. The van der Waals surface area contributed by atoms with Crippen LogP contribution in [-0.2, 0) is 5.41 Å². The minimum atomic E-state index is -0.133. The smallest absolute Gasteiger partial charge is 0.115 e. The molecule has 0 unspecified atom stereocenters. The van der Waals surface area contributed by atoms with Crippen LogP contribution in [0.3, 0.4) is 0 Å². The van der Waals surface area contributed by atoms with Gasteiger partial charge in [-0.15, -0.1) is 0 Å². The van der Waals surface area contributed by atoms with Crippen LogP contribution in [0, 0.1) is 0 Å². The van der Waals surface area contributed by atoms with E-state index in [1.54, 1.807) is 36.4 Å². The van der Waals surface area contributed by atoms with Gasteiger partial charge in [-0.05, 0) is 83.3 Å². The zero-order chi connectivity index (χ0) is 25.4. The summed E-state index contributed by atoms with van der Waals surface area (Å²) in [7, 11) is 0. The third-order valence-corrected chi connectivity index (χ3v) is 6.26. The number of hydrogen-bond donors (Lipinski definition) is 3. The molecule has 0 aliphatic carbocycles. The van der Waals surface area contributed by atoms with Crippen LogP contribution >= 0.6 is 0 Å². The Labute approximate surface area is 210 Å². The van der Waals surface area contributed by atoms with Gasteiger partial charge in [-0.3, -0.25) is 0 Å². The Kier molecular flexibility index (Phi) is 5.77. The van der Waals surface area contributed by atoms with Crippen molar-refractivity contribution in [2.24, 2.45) is 0 Å². The maximum Gasteiger partial charge on any atom is 0.115 e. The number of aromatic hydroxyl groups is 3. The van der Waals surface area contributed by atoms with Gasteiger partial charge in [0.15, 0.2) is 0 Å². The Bertz CT molecular complexity index is 1510. The molecule has 1 heterocycles. The normalized spacial score (nSPS) is 11.5. The van der Waals surface area contributed by atoms with Crippen LogP contribution < -0.4 is 0 Å². The highest BCUT2D eigenvalue weighted by Gasteiger charge is 2.26. The van der Waals surface area contributed by atoms with Crippen molar-refractivity contribution < 1.29 is 15.3 Å². The summed E-state index contributed by atoms with van der Waals surface area (Å²) in [5, 5.41) is 35.0. The van der Waals surface area contributed by atoms with E-state index in [1.807, 2.05) is 53.2 Å². The van der Waals surface area contributed by atoms with Gasteiger partial charge in [0.1, 0.15) is 22.9 Å². The van der Waals surface area contributed by atoms with Crippen LogP contribution in [0.25, 0.3) is 39.3 Å². The molecule has 180 valence electrons. The van der Waals surface area contributed by atoms with Gasteiger partial charge >= 0.3 is 0 Å². The van der Waals surface area contributed by atoms with E-state index in [4.69, 9.17) is 5.10 Å². The number of aromatic nitrogens is 2. The summed E-state index contributed by atoms with van der Waals surface area (Å²) in [4.78, 5) is 0. The van der Waals surface area contributed by atoms with Gasteiger partial charge in [-0.25, -0.2) is 4.68 Å². The fraction of sp³-hybridized carbons (Fsp3) is 0.129. The highest BCUT2D eigenvalue weighted by Crippen LogP contribution is 2.43. The molecule has 0 aliphatic rings. The van der Waals surface area contributed by atoms with Crippen LogP contribution in [-0.4, -0.2) is 25.1 Å². The minimum Gasteiger partial charge on any atom is -0.508 e. The van der Waals surface area contributed by atoms with Crippen LogP contribution in [0.1, 0.15) is 26.3 Å². The Morgan fingerprint density at radius 1 is 0.583 bits per heavy atom. The average Bonchev–Trinajstić information content (AvgIpc) is 3.25. The van der Waals surface area contributed by atoms with Gasteiger partial charge in [0.25, 0.3) is 0 Å². The van der Waals surface area contributed by atoms with E-state index in [0.717, 1.165) is 44.9 Å². The molecule has 3 N–H and O–H groups in total.